The summed E-state index contributed by atoms with van der Waals surface area (Å²) in [5.41, 5.74) is -0.611. The van der Waals surface area contributed by atoms with E-state index in [1.54, 1.807) is 24.3 Å². The molecule has 3 heteroatoms. The van der Waals surface area contributed by atoms with E-state index in [0.29, 0.717) is 5.69 Å². The highest BCUT2D eigenvalue weighted by molar-refractivity contribution is 6.31. The largest absolute Gasteiger partial charge is 0.309 e. The van der Waals surface area contributed by atoms with Crippen molar-refractivity contribution >= 4 is 81.7 Å². The Balaban J connectivity index is 1.36. The molecule has 0 bridgehead atoms. The summed E-state index contributed by atoms with van der Waals surface area (Å²) in [7, 11) is 0. The van der Waals surface area contributed by atoms with Crippen LogP contribution in [-0.4, -0.2) is 13.5 Å². The highest BCUT2D eigenvalue weighted by Gasteiger charge is 2.22. The van der Waals surface area contributed by atoms with E-state index in [2.05, 4.69) is 0 Å². The molecule has 0 aliphatic heterocycles. The molecule has 0 fully saturated rings. The molecule has 0 amide bonds. The second-order valence-corrected chi connectivity index (χ2v) is 12.2. The lowest BCUT2D eigenvalue weighted by molar-refractivity contribution is 1.17. The van der Waals surface area contributed by atoms with Crippen molar-refractivity contribution in [3.63, 3.8) is 0 Å². The number of fused-ring (bicyclic) bond motifs is 8. The van der Waals surface area contributed by atoms with Crippen molar-refractivity contribution in [2.24, 2.45) is 0 Å². The lowest BCUT2D eigenvalue weighted by Gasteiger charge is -2.11. The minimum absolute atomic E-state index is 0.132. The van der Waals surface area contributed by atoms with Gasteiger partial charge in [-0.05, 0) is 77.0 Å². The number of benzene rings is 8. The summed E-state index contributed by atoms with van der Waals surface area (Å²) in [6.45, 7) is 0. The first-order chi connectivity index (χ1) is 33.7. The van der Waals surface area contributed by atoms with Crippen LogP contribution in [0.2, 0.25) is 0 Å². The predicted molar refractivity (Wildman–Crippen MR) is 215 cm³/mol. The summed E-state index contributed by atoms with van der Waals surface area (Å²) in [5.74, 6) is 0. The average molecular weight is 668 g/mol. The monoisotopic (exact) mass is 667 g/mol. The molecule has 0 N–H and O–H groups in total. The van der Waals surface area contributed by atoms with Gasteiger partial charge in [-0.1, -0.05) is 115 Å². The first kappa shape index (κ1) is 14.6. The number of hydrogen-bond donors (Lipinski definition) is 0. The molecule has 0 unspecified atom stereocenters. The molecule has 0 saturated carbocycles. The number of aromatic nitrogens is 3. The van der Waals surface area contributed by atoms with E-state index in [4.69, 9.17) is 9.60 Å². The van der Waals surface area contributed by atoms with Gasteiger partial charge < -0.3 is 13.5 Å². The van der Waals surface area contributed by atoms with E-state index in [0.717, 1.165) is 20.1 Å². The maximum atomic E-state index is 10.1. The topological polar surface area (TPSA) is 14.3 Å². The van der Waals surface area contributed by atoms with Gasteiger partial charge in [0, 0.05) is 49.1 Å². The summed E-state index contributed by atoms with van der Waals surface area (Å²) in [6.07, 6.45) is 0. The lowest BCUT2D eigenvalue weighted by Crippen LogP contribution is -1.96. The standard InChI is InChI=1S/C48H29N3/c1-2-11-30(12-3-1)31-23-25-32(26-24-31)49-40-18-6-5-14-35(40)39-29-33(27-28-42(39)49)50-43-20-9-15-36-38-17-8-16-37-34-13-4-7-19-41(34)51(48(37)38)45-22-10-21-44(50)47(45)46(36)43/h1-29H/i4D,5D,6D,7D,8D,9D,10D,13D,14D,15D,16D,17D,18D,19D,20D,21D,22D,27D,28D,29D. The van der Waals surface area contributed by atoms with Crippen molar-refractivity contribution in [3.05, 3.63) is 175 Å². The summed E-state index contributed by atoms with van der Waals surface area (Å²) < 4.78 is 189. The van der Waals surface area contributed by atoms with Crippen molar-refractivity contribution in [1.82, 2.24) is 13.5 Å². The van der Waals surface area contributed by atoms with Crippen LogP contribution in [0.25, 0.3) is 104 Å². The Morgan fingerprint density at radius 1 is 0.353 bits per heavy atom. The van der Waals surface area contributed by atoms with Gasteiger partial charge in [0.25, 0.3) is 0 Å². The van der Waals surface area contributed by atoms with Crippen molar-refractivity contribution < 1.29 is 27.4 Å². The van der Waals surface area contributed by atoms with E-state index in [1.807, 2.05) is 30.3 Å². The van der Waals surface area contributed by atoms with Crippen LogP contribution in [-0.2, 0) is 0 Å². The lowest BCUT2D eigenvalue weighted by atomic mass is 10.0. The van der Waals surface area contributed by atoms with Crippen LogP contribution in [0.5, 0.6) is 0 Å². The molecule has 0 atom stereocenters. The van der Waals surface area contributed by atoms with Crippen LogP contribution in [0.3, 0.4) is 0 Å². The van der Waals surface area contributed by atoms with E-state index >= 15 is 0 Å². The first-order valence-corrected chi connectivity index (χ1v) is 16.0. The van der Waals surface area contributed by atoms with Gasteiger partial charge in [-0.2, -0.15) is 0 Å². The zero-order valence-corrected chi connectivity index (χ0v) is 26.0. The molecule has 3 nitrogen and oxygen atoms in total. The smallest absolute Gasteiger partial charge is 0.0652 e. The molecule has 51 heavy (non-hydrogen) atoms. The van der Waals surface area contributed by atoms with Crippen LogP contribution >= 0.6 is 0 Å². The Bertz CT molecular complexity index is 4500. The number of para-hydroxylation sites is 3. The molecule has 4 aromatic heterocycles. The Hall–Kier alpha value is -6.84. The van der Waals surface area contributed by atoms with E-state index < -0.39 is 138 Å². The van der Waals surface area contributed by atoms with Crippen molar-refractivity contribution in [2.75, 3.05) is 0 Å². The van der Waals surface area contributed by atoms with Crippen LogP contribution < -0.4 is 0 Å². The van der Waals surface area contributed by atoms with Crippen LogP contribution in [0.1, 0.15) is 27.4 Å². The van der Waals surface area contributed by atoms with Crippen LogP contribution in [0.4, 0.5) is 0 Å². The zero-order chi connectivity index (χ0) is 50.6. The van der Waals surface area contributed by atoms with Crippen LogP contribution in [0, 0.1) is 0 Å². The van der Waals surface area contributed by atoms with E-state index in [9.17, 15) is 17.8 Å². The van der Waals surface area contributed by atoms with Crippen LogP contribution in [0.15, 0.2) is 175 Å². The summed E-state index contributed by atoms with van der Waals surface area (Å²) in [4.78, 5) is 0. The van der Waals surface area contributed by atoms with Crippen molar-refractivity contribution in [3.8, 4) is 22.5 Å². The molecule has 236 valence electrons. The third-order valence-corrected chi connectivity index (χ3v) is 9.68. The number of hydrogen-bond acceptors (Lipinski definition) is 0. The van der Waals surface area contributed by atoms with E-state index in [1.165, 1.54) is 4.57 Å². The van der Waals surface area contributed by atoms with Gasteiger partial charge in [0.05, 0.1) is 66.0 Å². The predicted octanol–water partition coefficient (Wildman–Crippen LogP) is 12.7. The molecule has 0 aliphatic carbocycles. The number of nitrogens with zero attached hydrogens (tertiary/aromatic N) is 3. The fraction of sp³-hybridized carbons (Fsp3) is 0. The fourth-order valence-electron chi connectivity index (χ4n) is 7.57. The Morgan fingerprint density at radius 3 is 1.73 bits per heavy atom. The molecule has 12 rings (SSSR count). The van der Waals surface area contributed by atoms with Gasteiger partial charge in [-0.25, -0.2) is 0 Å². The van der Waals surface area contributed by atoms with Gasteiger partial charge in [0.1, 0.15) is 0 Å². The van der Waals surface area contributed by atoms with E-state index in [-0.39, 0.29) is 70.7 Å². The Morgan fingerprint density at radius 2 is 0.902 bits per heavy atom. The zero-order valence-electron chi connectivity index (χ0n) is 46.0. The molecule has 4 heterocycles. The number of rotatable bonds is 3. The average Bonchev–Trinajstić information content (AvgIpc) is 4.00. The molecule has 0 radical (unpaired) electrons. The van der Waals surface area contributed by atoms with Gasteiger partial charge in [-0.15, -0.1) is 0 Å². The highest BCUT2D eigenvalue weighted by Crippen LogP contribution is 2.44. The normalized spacial score (nSPS) is 17.8. The third kappa shape index (κ3) is 3.52. The summed E-state index contributed by atoms with van der Waals surface area (Å²) in [6, 6.07) is 2.64. The Kier molecular flexibility index (Phi) is 2.82. The maximum absolute atomic E-state index is 10.1. The molecule has 0 spiro atoms. The SMILES string of the molecule is [2H]c1c([2H])c([2H])c2c(c1[2H])c1c([2H])c(-n3c4c([2H])c([2H])c([2H])c5c6c([2H])c([2H])c([2H])c7c8c([2H])c([2H])c([2H])c([2H])c8n(c8c([2H])c([2H])c([2H])c3c8c54)c67)c([2H])c([2H])c1n2-c1ccc(-c2ccccc2)cc1. The molecular formula is C48H29N3. The maximum Gasteiger partial charge on any atom is 0.0652 e. The van der Waals surface area contributed by atoms with Gasteiger partial charge in [-0.3, -0.25) is 0 Å². The molecular weight excluding hydrogens is 619 g/mol. The highest BCUT2D eigenvalue weighted by atomic mass is 15.0. The molecule has 0 saturated heterocycles. The second kappa shape index (κ2) is 9.87. The minimum Gasteiger partial charge on any atom is -0.309 e. The quantitative estimate of drug-likeness (QED) is 0.178. The van der Waals surface area contributed by atoms with Gasteiger partial charge in [0.2, 0.25) is 0 Å². The minimum atomic E-state index is -0.801. The third-order valence-electron chi connectivity index (χ3n) is 9.68. The Labute approximate surface area is 320 Å². The van der Waals surface area contributed by atoms with Gasteiger partial charge in [0.15, 0.2) is 0 Å². The summed E-state index contributed by atoms with van der Waals surface area (Å²) in [5, 5.41) is -2.12. The van der Waals surface area contributed by atoms with Crippen molar-refractivity contribution in [1.29, 1.82) is 0 Å². The van der Waals surface area contributed by atoms with Gasteiger partial charge >= 0.3 is 0 Å². The molecule has 8 aromatic carbocycles. The first-order valence-electron chi connectivity index (χ1n) is 26.0. The second-order valence-electron chi connectivity index (χ2n) is 12.2. The fourth-order valence-corrected chi connectivity index (χ4v) is 7.57. The molecule has 12 aromatic rings. The molecule has 0 aliphatic rings. The van der Waals surface area contributed by atoms with Crippen molar-refractivity contribution in [2.45, 2.75) is 0 Å². The summed E-state index contributed by atoms with van der Waals surface area (Å²) >= 11 is 0.